The van der Waals surface area contributed by atoms with Crippen molar-refractivity contribution in [2.75, 3.05) is 26.3 Å². The van der Waals surface area contributed by atoms with Gasteiger partial charge in [0.05, 0.1) is 12.2 Å². The van der Waals surface area contributed by atoms with Crippen LogP contribution >= 0.6 is 0 Å². The van der Waals surface area contributed by atoms with Crippen molar-refractivity contribution in [3.63, 3.8) is 0 Å². The molecule has 0 aromatic carbocycles. The van der Waals surface area contributed by atoms with Crippen LogP contribution in [0.3, 0.4) is 0 Å². The summed E-state index contributed by atoms with van der Waals surface area (Å²) >= 11 is 0. The Kier molecular flexibility index (Phi) is 4.90. The minimum Gasteiger partial charge on any atom is -0.377 e. The van der Waals surface area contributed by atoms with E-state index in [1.54, 1.807) is 0 Å². The highest BCUT2D eigenvalue weighted by atomic mass is 16.5. The summed E-state index contributed by atoms with van der Waals surface area (Å²) in [5, 5.41) is 3.47. The topological polar surface area (TPSA) is 30.5 Å². The summed E-state index contributed by atoms with van der Waals surface area (Å²) in [6.45, 7) is 3.90. The summed E-state index contributed by atoms with van der Waals surface area (Å²) in [4.78, 5) is 0. The SMILES string of the molecule is C1CCC(CNCC2CCCCO2)OC1. The van der Waals surface area contributed by atoms with Crippen LogP contribution in [0.25, 0.3) is 0 Å². The molecule has 2 fully saturated rings. The molecule has 0 spiro atoms. The van der Waals surface area contributed by atoms with Crippen LogP contribution in [0.1, 0.15) is 38.5 Å². The van der Waals surface area contributed by atoms with Crippen molar-refractivity contribution in [3.8, 4) is 0 Å². The molecule has 2 atom stereocenters. The van der Waals surface area contributed by atoms with E-state index in [-0.39, 0.29) is 0 Å². The van der Waals surface area contributed by atoms with Crippen molar-refractivity contribution in [3.05, 3.63) is 0 Å². The molecule has 3 heteroatoms. The van der Waals surface area contributed by atoms with Crippen molar-refractivity contribution < 1.29 is 9.47 Å². The van der Waals surface area contributed by atoms with Crippen molar-refractivity contribution in [2.45, 2.75) is 50.7 Å². The van der Waals surface area contributed by atoms with Crippen LogP contribution in [-0.2, 0) is 9.47 Å². The van der Waals surface area contributed by atoms with Gasteiger partial charge in [-0.05, 0) is 38.5 Å². The second-order valence-corrected chi connectivity index (χ2v) is 4.64. The van der Waals surface area contributed by atoms with Crippen molar-refractivity contribution >= 4 is 0 Å². The fraction of sp³-hybridized carbons (Fsp3) is 1.00. The zero-order valence-electron chi connectivity index (χ0n) is 9.54. The van der Waals surface area contributed by atoms with E-state index >= 15 is 0 Å². The lowest BCUT2D eigenvalue weighted by molar-refractivity contribution is 0.00112. The second kappa shape index (κ2) is 6.46. The molecule has 2 rings (SSSR count). The minimum absolute atomic E-state index is 0.447. The van der Waals surface area contributed by atoms with Gasteiger partial charge in [-0.2, -0.15) is 0 Å². The van der Waals surface area contributed by atoms with Crippen LogP contribution in [0.5, 0.6) is 0 Å². The van der Waals surface area contributed by atoms with Crippen molar-refractivity contribution in [2.24, 2.45) is 0 Å². The van der Waals surface area contributed by atoms with E-state index in [9.17, 15) is 0 Å². The molecule has 0 aromatic heterocycles. The lowest BCUT2D eigenvalue weighted by atomic mass is 10.1. The summed E-state index contributed by atoms with van der Waals surface area (Å²) in [6, 6.07) is 0. The molecule has 0 aromatic rings. The van der Waals surface area contributed by atoms with Gasteiger partial charge in [-0.3, -0.25) is 0 Å². The lowest BCUT2D eigenvalue weighted by Gasteiger charge is -2.26. The largest absolute Gasteiger partial charge is 0.377 e. The van der Waals surface area contributed by atoms with Crippen LogP contribution in [0.4, 0.5) is 0 Å². The first-order valence-electron chi connectivity index (χ1n) is 6.39. The molecule has 1 N–H and O–H groups in total. The molecular weight excluding hydrogens is 190 g/mol. The van der Waals surface area contributed by atoms with E-state index < -0.39 is 0 Å². The van der Waals surface area contributed by atoms with Crippen LogP contribution in [0, 0.1) is 0 Å². The van der Waals surface area contributed by atoms with Gasteiger partial charge in [-0.15, -0.1) is 0 Å². The van der Waals surface area contributed by atoms with E-state index in [1.165, 1.54) is 38.5 Å². The summed E-state index contributed by atoms with van der Waals surface area (Å²) in [5.41, 5.74) is 0. The first kappa shape index (κ1) is 11.4. The third-order valence-corrected chi connectivity index (χ3v) is 3.29. The number of hydrogen-bond acceptors (Lipinski definition) is 3. The lowest BCUT2D eigenvalue weighted by Crippen LogP contribution is -2.37. The Labute approximate surface area is 92.5 Å². The maximum absolute atomic E-state index is 5.66. The maximum atomic E-state index is 5.66. The smallest absolute Gasteiger partial charge is 0.0699 e. The number of nitrogens with one attached hydrogen (secondary N) is 1. The van der Waals surface area contributed by atoms with Gasteiger partial charge in [0.1, 0.15) is 0 Å². The predicted molar refractivity (Wildman–Crippen MR) is 60.1 cm³/mol. The van der Waals surface area contributed by atoms with E-state index in [1.807, 2.05) is 0 Å². The molecule has 0 saturated carbocycles. The van der Waals surface area contributed by atoms with Crippen molar-refractivity contribution in [1.29, 1.82) is 0 Å². The minimum atomic E-state index is 0.447. The highest BCUT2D eigenvalue weighted by Gasteiger charge is 2.16. The van der Waals surface area contributed by atoms with Gasteiger partial charge in [0.15, 0.2) is 0 Å². The molecule has 3 nitrogen and oxygen atoms in total. The van der Waals surface area contributed by atoms with Gasteiger partial charge in [0.2, 0.25) is 0 Å². The molecule has 0 amide bonds. The molecule has 2 aliphatic rings. The fourth-order valence-electron chi connectivity index (χ4n) is 2.34. The number of ether oxygens (including phenoxy) is 2. The third kappa shape index (κ3) is 4.09. The molecule has 2 aliphatic heterocycles. The molecule has 0 bridgehead atoms. The monoisotopic (exact) mass is 213 g/mol. The van der Waals surface area contributed by atoms with Crippen LogP contribution in [-0.4, -0.2) is 38.5 Å². The Morgan fingerprint density at radius 3 is 1.73 bits per heavy atom. The zero-order valence-corrected chi connectivity index (χ0v) is 9.54. The van der Waals surface area contributed by atoms with E-state index in [2.05, 4.69) is 5.32 Å². The Hall–Kier alpha value is -0.120. The molecule has 0 radical (unpaired) electrons. The molecule has 2 heterocycles. The maximum Gasteiger partial charge on any atom is 0.0699 e. The molecule has 88 valence electrons. The normalized spacial score (nSPS) is 32.8. The average Bonchev–Trinajstić information content (AvgIpc) is 2.32. The van der Waals surface area contributed by atoms with Crippen LogP contribution < -0.4 is 5.32 Å². The third-order valence-electron chi connectivity index (χ3n) is 3.29. The summed E-state index contributed by atoms with van der Waals surface area (Å²) in [7, 11) is 0. The quantitative estimate of drug-likeness (QED) is 0.771. The van der Waals surface area contributed by atoms with E-state index in [0.29, 0.717) is 12.2 Å². The standard InChI is InChI=1S/C12H23NO2/c1-3-7-14-11(5-1)9-13-10-12-6-2-4-8-15-12/h11-13H,1-10H2. The van der Waals surface area contributed by atoms with Crippen LogP contribution in [0.15, 0.2) is 0 Å². The van der Waals surface area contributed by atoms with Crippen molar-refractivity contribution in [1.82, 2.24) is 5.32 Å². The molecule has 2 saturated heterocycles. The fourth-order valence-corrected chi connectivity index (χ4v) is 2.34. The van der Waals surface area contributed by atoms with Gasteiger partial charge in [0.25, 0.3) is 0 Å². The summed E-state index contributed by atoms with van der Waals surface area (Å²) < 4.78 is 11.3. The predicted octanol–water partition coefficient (Wildman–Crippen LogP) is 1.71. The highest BCUT2D eigenvalue weighted by molar-refractivity contribution is 4.70. The summed E-state index contributed by atoms with van der Waals surface area (Å²) in [6.07, 6.45) is 8.46. The highest BCUT2D eigenvalue weighted by Crippen LogP contribution is 2.13. The Bertz CT molecular complexity index is 145. The average molecular weight is 213 g/mol. The van der Waals surface area contributed by atoms with Gasteiger partial charge in [-0.1, -0.05) is 0 Å². The van der Waals surface area contributed by atoms with Gasteiger partial charge in [-0.25, -0.2) is 0 Å². The molecule has 15 heavy (non-hydrogen) atoms. The zero-order chi connectivity index (χ0) is 10.3. The van der Waals surface area contributed by atoms with Crippen LogP contribution in [0.2, 0.25) is 0 Å². The van der Waals surface area contributed by atoms with Gasteiger partial charge < -0.3 is 14.8 Å². The van der Waals surface area contributed by atoms with Gasteiger partial charge in [0, 0.05) is 26.3 Å². The molecular formula is C12H23NO2. The first-order valence-corrected chi connectivity index (χ1v) is 6.39. The Morgan fingerprint density at radius 2 is 1.33 bits per heavy atom. The second-order valence-electron chi connectivity index (χ2n) is 4.64. The Morgan fingerprint density at radius 1 is 0.800 bits per heavy atom. The number of rotatable bonds is 4. The first-order chi connectivity index (χ1) is 7.45. The molecule has 2 unspecified atom stereocenters. The van der Waals surface area contributed by atoms with Gasteiger partial charge >= 0.3 is 0 Å². The van der Waals surface area contributed by atoms with E-state index in [4.69, 9.17) is 9.47 Å². The summed E-state index contributed by atoms with van der Waals surface area (Å²) in [5.74, 6) is 0. The van der Waals surface area contributed by atoms with E-state index in [0.717, 1.165) is 26.3 Å². The molecule has 0 aliphatic carbocycles. The Balaban J connectivity index is 1.53. The number of hydrogen-bond donors (Lipinski definition) is 1.